The molecule has 0 aromatic carbocycles. The molecule has 15 heteroatoms. The van der Waals surface area contributed by atoms with E-state index in [1.165, 1.54) is 34.3 Å². The molecule has 0 aromatic heterocycles. The molecule has 0 amide bonds. The quantitative estimate of drug-likeness (QED) is 0.237. The van der Waals surface area contributed by atoms with E-state index in [-0.39, 0.29) is 26.1 Å². The summed E-state index contributed by atoms with van der Waals surface area (Å²) in [7, 11) is 2.56. The van der Waals surface area contributed by atoms with Gasteiger partial charge in [-0.15, -0.1) is 0 Å². The van der Waals surface area contributed by atoms with Gasteiger partial charge in [-0.2, -0.15) is 0 Å². The first-order valence-corrected chi connectivity index (χ1v) is 17.9. The molecule has 0 radical (unpaired) electrons. The number of hydrogen-bond acceptors (Lipinski definition) is 15. The normalized spacial score (nSPS) is 53.1. The molecule has 1 N–H and O–H groups in total. The largest absolute Gasteiger partial charge is 0.468 e. The van der Waals surface area contributed by atoms with Gasteiger partial charge in [0.15, 0.2) is 0 Å². The summed E-state index contributed by atoms with van der Waals surface area (Å²) in [5.74, 6) is -7.17. The number of carbonyl (C=O) groups excluding carboxylic acids is 4. The lowest BCUT2D eigenvalue weighted by molar-refractivity contribution is -0.318. The second kappa shape index (κ2) is 11.0. The van der Waals surface area contributed by atoms with Gasteiger partial charge in [0.2, 0.25) is 11.9 Å². The van der Waals surface area contributed by atoms with Gasteiger partial charge in [-0.05, 0) is 27.2 Å². The molecule has 2 bridgehead atoms. The van der Waals surface area contributed by atoms with Gasteiger partial charge in [0.25, 0.3) is 5.79 Å². The van der Waals surface area contributed by atoms with Crippen molar-refractivity contribution < 1.29 is 71.7 Å². The molecule has 52 heavy (non-hydrogen) atoms. The smallest absolute Gasteiger partial charge is 0.366 e. The maximum absolute atomic E-state index is 14.3. The number of carbonyl (C=O) groups is 4. The topological polar surface area (TPSA) is 181 Å². The summed E-state index contributed by atoms with van der Waals surface area (Å²) in [5, 5.41) is 13.8. The van der Waals surface area contributed by atoms with Crippen LogP contribution in [0.2, 0.25) is 0 Å². The van der Waals surface area contributed by atoms with Crippen molar-refractivity contribution in [1.29, 1.82) is 0 Å². The average Bonchev–Trinajstić information content (AvgIpc) is 3.86. The van der Waals surface area contributed by atoms with Crippen molar-refractivity contribution in [2.45, 2.75) is 121 Å². The fraction of sp³-hybridized carbons (Fsp3) is 0.784. The van der Waals surface area contributed by atoms with E-state index < -0.39 is 117 Å². The molecule has 0 unspecified atom stereocenters. The van der Waals surface area contributed by atoms with Gasteiger partial charge < -0.3 is 52.5 Å². The van der Waals surface area contributed by atoms with Gasteiger partial charge in [0.1, 0.15) is 23.4 Å². The number of rotatable bonds is 6. The lowest BCUT2D eigenvalue weighted by Gasteiger charge is -2.66. The predicted molar refractivity (Wildman–Crippen MR) is 172 cm³/mol. The molecular weight excluding hydrogens is 684 g/mol. The van der Waals surface area contributed by atoms with E-state index in [0.717, 1.165) is 0 Å². The van der Waals surface area contributed by atoms with Gasteiger partial charge in [0, 0.05) is 73.0 Å². The molecule has 0 aromatic rings. The third-order valence-corrected chi connectivity index (χ3v) is 14.6. The summed E-state index contributed by atoms with van der Waals surface area (Å²) in [6.45, 7) is 11.5. The molecule has 5 heterocycles. The van der Waals surface area contributed by atoms with E-state index in [4.69, 9.17) is 47.4 Å². The first-order valence-electron chi connectivity index (χ1n) is 17.9. The van der Waals surface area contributed by atoms with Crippen molar-refractivity contribution in [1.82, 2.24) is 0 Å². The third-order valence-electron chi connectivity index (χ3n) is 14.6. The minimum absolute atomic E-state index is 0.0440. The van der Waals surface area contributed by atoms with Gasteiger partial charge in [-0.3, -0.25) is 9.59 Å². The van der Waals surface area contributed by atoms with E-state index in [1.54, 1.807) is 32.9 Å². The van der Waals surface area contributed by atoms with Gasteiger partial charge in [-0.25, -0.2) is 9.59 Å². The Balaban J connectivity index is 1.40. The van der Waals surface area contributed by atoms with Crippen molar-refractivity contribution in [2.75, 3.05) is 27.4 Å². The Morgan fingerprint density at radius 3 is 2.33 bits per heavy atom. The molecule has 1 spiro atoms. The van der Waals surface area contributed by atoms with Crippen LogP contribution in [0.5, 0.6) is 0 Å². The second-order valence-corrected chi connectivity index (χ2v) is 16.5. The van der Waals surface area contributed by atoms with Gasteiger partial charge >= 0.3 is 23.9 Å². The third kappa shape index (κ3) is 3.77. The number of ether oxygens (including phenoxy) is 10. The highest BCUT2D eigenvalue weighted by Crippen LogP contribution is 2.81. The highest BCUT2D eigenvalue weighted by atomic mass is 16.7. The lowest BCUT2D eigenvalue weighted by Crippen LogP contribution is -2.78. The first-order chi connectivity index (χ1) is 24.4. The fourth-order valence-electron chi connectivity index (χ4n) is 12.7. The highest BCUT2D eigenvalue weighted by Gasteiger charge is 2.94. The summed E-state index contributed by atoms with van der Waals surface area (Å²) in [5.41, 5.74) is -8.33. The summed E-state index contributed by atoms with van der Waals surface area (Å²) < 4.78 is 63.1. The summed E-state index contributed by atoms with van der Waals surface area (Å²) >= 11 is 0. The SMILES string of the molecule is C/C=C(\C)C(=O)O[C@@H]1C[C@H](OC(C)=O)[C@@]2(C)CO[C@@H]3[C@H]2[C@]12CO[C@@](OC)(C(=O)OC)[C@@H]2[C@]1(C)[C@@H]3O[C@]2(C)[C@@H]3C[C@@H](O[C@H]4OC=C[C@]43OC(C)=O)[C@]12O. The number of esters is 4. The second-order valence-electron chi connectivity index (χ2n) is 16.5. The Bertz CT molecular complexity index is 1680. The summed E-state index contributed by atoms with van der Waals surface area (Å²) in [6.07, 6.45) is -0.704. The monoisotopic (exact) mass is 732 g/mol. The molecule has 8 rings (SSSR count). The minimum Gasteiger partial charge on any atom is -0.468 e. The number of fused-ring (bicyclic) bond motifs is 11. The minimum atomic E-state index is -2.15. The standard InChI is InChI=1S/C37H48O15/c1-10-17(2)27(40)49-22-14-21(48-18(3)38)31(5)15-46-24-25(31)34(22)16-47-36(44-9,29(41)43-8)28(34)32(6)26(24)52-33(7)20-13-23(37(32,33)42)50-30-35(20,11-12-45-30)51-19(4)39/h10-12,20-26,28,30,42H,13-16H2,1-9H3/b17-10+/t20-,21-,22+,23+,24+,25+,26+,28+,30+,31+,32-,33+,34-,35+,36+,37-/m0/s1. The molecule has 5 aliphatic heterocycles. The molecule has 7 fully saturated rings. The van der Waals surface area contributed by atoms with Crippen LogP contribution in [0.1, 0.15) is 61.3 Å². The molecule has 8 aliphatic rings. The van der Waals surface area contributed by atoms with Crippen LogP contribution in [-0.2, 0) is 66.5 Å². The molecule has 16 atom stereocenters. The van der Waals surface area contributed by atoms with E-state index in [0.29, 0.717) is 5.57 Å². The van der Waals surface area contributed by atoms with E-state index >= 15 is 0 Å². The Labute approximate surface area is 301 Å². The number of hydrogen-bond donors (Lipinski definition) is 1. The number of allylic oxidation sites excluding steroid dienone is 1. The van der Waals surface area contributed by atoms with Crippen molar-refractivity contribution >= 4 is 23.9 Å². The Kier molecular flexibility index (Phi) is 7.60. The van der Waals surface area contributed by atoms with Crippen LogP contribution < -0.4 is 0 Å². The molecular formula is C37H48O15. The molecule has 15 nitrogen and oxygen atoms in total. The van der Waals surface area contributed by atoms with Crippen molar-refractivity contribution in [3.05, 3.63) is 24.0 Å². The number of aliphatic hydroxyl groups is 1. The zero-order valence-electron chi connectivity index (χ0n) is 30.9. The van der Waals surface area contributed by atoms with Crippen LogP contribution in [0.3, 0.4) is 0 Å². The Morgan fingerprint density at radius 1 is 0.962 bits per heavy atom. The van der Waals surface area contributed by atoms with Crippen molar-refractivity contribution in [3.63, 3.8) is 0 Å². The zero-order valence-corrected chi connectivity index (χ0v) is 30.9. The van der Waals surface area contributed by atoms with Crippen LogP contribution >= 0.6 is 0 Å². The Hall–Kier alpha value is -3.08. The van der Waals surface area contributed by atoms with Crippen LogP contribution in [0.15, 0.2) is 24.0 Å². The number of methoxy groups -OCH3 is 2. The predicted octanol–water partition coefficient (Wildman–Crippen LogP) is 1.87. The fourth-order valence-corrected chi connectivity index (χ4v) is 12.7. The van der Waals surface area contributed by atoms with Gasteiger partial charge in [0.05, 0.1) is 44.9 Å². The maximum atomic E-state index is 14.3. The molecule has 286 valence electrons. The van der Waals surface area contributed by atoms with Crippen LogP contribution in [-0.4, -0.2) is 116 Å². The van der Waals surface area contributed by atoms with E-state index in [2.05, 4.69) is 0 Å². The van der Waals surface area contributed by atoms with Crippen molar-refractivity contribution in [3.8, 4) is 0 Å². The first kappa shape index (κ1) is 35.9. The molecule has 3 aliphatic carbocycles. The van der Waals surface area contributed by atoms with Gasteiger partial charge in [-0.1, -0.05) is 19.9 Å². The highest BCUT2D eigenvalue weighted by molar-refractivity contribution is 5.88. The summed E-state index contributed by atoms with van der Waals surface area (Å²) in [4.78, 5) is 53.3. The van der Waals surface area contributed by atoms with Crippen LogP contribution in [0.4, 0.5) is 0 Å². The zero-order chi connectivity index (χ0) is 37.6. The van der Waals surface area contributed by atoms with Crippen LogP contribution in [0.25, 0.3) is 0 Å². The van der Waals surface area contributed by atoms with E-state index in [1.807, 2.05) is 13.8 Å². The van der Waals surface area contributed by atoms with Crippen LogP contribution in [0, 0.1) is 34.0 Å². The average molecular weight is 733 g/mol. The lowest BCUT2D eigenvalue weighted by atomic mass is 9.37. The molecule has 4 saturated heterocycles. The molecule has 3 saturated carbocycles. The van der Waals surface area contributed by atoms with Crippen molar-refractivity contribution in [2.24, 2.45) is 34.0 Å². The Morgan fingerprint density at radius 2 is 1.69 bits per heavy atom. The van der Waals surface area contributed by atoms with E-state index in [9.17, 15) is 24.3 Å². The summed E-state index contributed by atoms with van der Waals surface area (Å²) in [6, 6.07) is 0. The maximum Gasteiger partial charge on any atom is 0.366 e.